The van der Waals surface area contributed by atoms with Crippen LogP contribution in [0, 0.1) is 0 Å². The molecule has 0 unspecified atom stereocenters. The Kier molecular flexibility index (Phi) is 5.33. The zero-order valence-corrected chi connectivity index (χ0v) is 14.0. The van der Waals surface area contributed by atoms with Crippen molar-refractivity contribution in [2.75, 3.05) is 6.61 Å². The van der Waals surface area contributed by atoms with Crippen LogP contribution in [-0.2, 0) is 22.6 Å². The van der Waals surface area contributed by atoms with Gasteiger partial charge in [0.15, 0.2) is 6.61 Å². The minimum absolute atomic E-state index is 0.0515. The first-order valence-corrected chi connectivity index (χ1v) is 8.49. The van der Waals surface area contributed by atoms with E-state index in [1.807, 2.05) is 24.3 Å². The average molecular weight is 338 g/mol. The van der Waals surface area contributed by atoms with Crippen LogP contribution in [0.5, 0.6) is 5.75 Å². The van der Waals surface area contributed by atoms with Crippen molar-refractivity contribution >= 4 is 11.8 Å². The molecule has 0 aliphatic heterocycles. The molecule has 0 fully saturated rings. The van der Waals surface area contributed by atoms with E-state index in [9.17, 15) is 9.59 Å². The van der Waals surface area contributed by atoms with Crippen LogP contribution in [0.2, 0.25) is 0 Å². The number of nitrogens with one attached hydrogen (secondary N) is 1. The highest BCUT2D eigenvalue weighted by molar-refractivity contribution is 5.84. The van der Waals surface area contributed by atoms with E-state index in [1.54, 1.807) is 12.1 Å². The summed E-state index contributed by atoms with van der Waals surface area (Å²) in [5.41, 5.74) is 8.41. The van der Waals surface area contributed by atoms with Crippen LogP contribution in [0.15, 0.2) is 48.5 Å². The molecule has 1 aliphatic carbocycles. The van der Waals surface area contributed by atoms with E-state index in [0.717, 1.165) is 30.4 Å². The number of fused-ring (bicyclic) bond motifs is 1. The highest BCUT2D eigenvalue weighted by Crippen LogP contribution is 2.31. The number of benzene rings is 2. The second-order valence-electron chi connectivity index (χ2n) is 6.26. The molecule has 0 saturated heterocycles. The quantitative estimate of drug-likeness (QED) is 0.848. The highest BCUT2D eigenvalue weighted by Gasteiger charge is 2.25. The van der Waals surface area contributed by atoms with Gasteiger partial charge in [-0.2, -0.15) is 0 Å². The standard InChI is InChI=1S/C20H22N2O3/c21-19(23)13-25-16-8-3-5-14(11-16)12-22-20(24)18-10-4-7-15-6-1-2-9-17(15)18/h1-3,5-6,8-9,11,18H,4,7,10,12-13H2,(H2,21,23)(H,22,24)/t18-/m0/s1. The minimum Gasteiger partial charge on any atom is -0.484 e. The normalized spacial score (nSPS) is 15.9. The number of ether oxygens (including phenoxy) is 1. The number of carbonyl (C=O) groups excluding carboxylic acids is 2. The predicted molar refractivity (Wildman–Crippen MR) is 95.1 cm³/mol. The molecule has 2 amide bonds. The summed E-state index contributed by atoms with van der Waals surface area (Å²) in [5, 5.41) is 3.02. The van der Waals surface area contributed by atoms with Gasteiger partial charge in [0, 0.05) is 6.54 Å². The maximum Gasteiger partial charge on any atom is 0.255 e. The van der Waals surface area contributed by atoms with Crippen LogP contribution in [0.25, 0.3) is 0 Å². The van der Waals surface area contributed by atoms with E-state index in [-0.39, 0.29) is 18.4 Å². The first-order chi connectivity index (χ1) is 12.1. The number of primary amides is 1. The van der Waals surface area contributed by atoms with Crippen LogP contribution in [0.1, 0.15) is 35.4 Å². The Morgan fingerprint density at radius 1 is 1.16 bits per heavy atom. The molecular weight excluding hydrogens is 316 g/mol. The maximum absolute atomic E-state index is 12.6. The molecule has 0 spiro atoms. The lowest BCUT2D eigenvalue weighted by atomic mass is 9.82. The Balaban J connectivity index is 1.61. The summed E-state index contributed by atoms with van der Waals surface area (Å²) in [6.45, 7) is 0.264. The smallest absolute Gasteiger partial charge is 0.255 e. The van der Waals surface area contributed by atoms with Gasteiger partial charge in [-0.1, -0.05) is 36.4 Å². The molecule has 5 nitrogen and oxygen atoms in total. The van der Waals surface area contributed by atoms with E-state index in [2.05, 4.69) is 17.4 Å². The second-order valence-corrected chi connectivity index (χ2v) is 6.26. The van der Waals surface area contributed by atoms with Crippen molar-refractivity contribution in [3.8, 4) is 5.75 Å². The molecule has 1 aliphatic rings. The fourth-order valence-electron chi connectivity index (χ4n) is 3.24. The third-order valence-electron chi connectivity index (χ3n) is 4.43. The van der Waals surface area contributed by atoms with Gasteiger partial charge in [-0.25, -0.2) is 0 Å². The van der Waals surface area contributed by atoms with E-state index >= 15 is 0 Å². The summed E-state index contributed by atoms with van der Waals surface area (Å²) in [5.74, 6) is 0.0121. The van der Waals surface area contributed by atoms with E-state index < -0.39 is 5.91 Å². The Hall–Kier alpha value is -2.82. The third kappa shape index (κ3) is 4.38. The number of carbonyl (C=O) groups is 2. The summed E-state index contributed by atoms with van der Waals surface area (Å²) in [4.78, 5) is 23.4. The predicted octanol–water partition coefficient (Wildman–Crippen LogP) is 2.29. The van der Waals surface area contributed by atoms with Gasteiger partial charge in [-0.05, 0) is 48.1 Å². The number of rotatable bonds is 6. The average Bonchev–Trinajstić information content (AvgIpc) is 2.64. The first-order valence-electron chi connectivity index (χ1n) is 8.49. The molecule has 0 saturated carbocycles. The zero-order valence-electron chi connectivity index (χ0n) is 14.0. The molecule has 0 heterocycles. The van der Waals surface area contributed by atoms with Crippen LogP contribution in [0.3, 0.4) is 0 Å². The molecule has 130 valence electrons. The molecule has 2 aromatic rings. The highest BCUT2D eigenvalue weighted by atomic mass is 16.5. The van der Waals surface area contributed by atoms with Gasteiger partial charge in [0.2, 0.25) is 5.91 Å². The Morgan fingerprint density at radius 2 is 2.00 bits per heavy atom. The van der Waals surface area contributed by atoms with Crippen LogP contribution in [-0.4, -0.2) is 18.4 Å². The number of nitrogens with two attached hydrogens (primary N) is 1. The monoisotopic (exact) mass is 338 g/mol. The van der Waals surface area contributed by atoms with Crippen molar-refractivity contribution in [3.63, 3.8) is 0 Å². The Bertz CT molecular complexity index is 773. The summed E-state index contributed by atoms with van der Waals surface area (Å²) in [7, 11) is 0. The van der Waals surface area contributed by atoms with Crippen molar-refractivity contribution in [2.45, 2.75) is 31.7 Å². The first kappa shape index (κ1) is 17.0. The maximum atomic E-state index is 12.6. The molecule has 3 N–H and O–H groups in total. The van der Waals surface area contributed by atoms with Gasteiger partial charge in [0.05, 0.1) is 5.92 Å². The van der Waals surface area contributed by atoms with Crippen molar-refractivity contribution in [3.05, 3.63) is 65.2 Å². The van der Waals surface area contributed by atoms with E-state index in [0.29, 0.717) is 12.3 Å². The lowest BCUT2D eigenvalue weighted by molar-refractivity contribution is -0.123. The summed E-state index contributed by atoms with van der Waals surface area (Å²) >= 11 is 0. The number of aryl methyl sites for hydroxylation is 1. The lowest BCUT2D eigenvalue weighted by Crippen LogP contribution is -2.31. The van der Waals surface area contributed by atoms with E-state index in [4.69, 9.17) is 10.5 Å². The number of hydrogen-bond acceptors (Lipinski definition) is 3. The fourth-order valence-corrected chi connectivity index (χ4v) is 3.24. The Morgan fingerprint density at radius 3 is 2.84 bits per heavy atom. The molecule has 25 heavy (non-hydrogen) atoms. The molecular formula is C20H22N2O3. The second kappa shape index (κ2) is 7.83. The van der Waals surface area contributed by atoms with Crippen molar-refractivity contribution in [2.24, 2.45) is 5.73 Å². The molecule has 2 aromatic carbocycles. The lowest BCUT2D eigenvalue weighted by Gasteiger charge is -2.24. The van der Waals surface area contributed by atoms with Gasteiger partial charge in [-0.3, -0.25) is 9.59 Å². The van der Waals surface area contributed by atoms with Gasteiger partial charge in [0.1, 0.15) is 5.75 Å². The zero-order chi connectivity index (χ0) is 17.6. The molecule has 0 bridgehead atoms. The summed E-state index contributed by atoms with van der Waals surface area (Å²) in [6.07, 6.45) is 2.95. The van der Waals surface area contributed by atoms with Crippen LogP contribution in [0.4, 0.5) is 0 Å². The molecule has 3 rings (SSSR count). The Labute approximate surface area is 147 Å². The van der Waals surface area contributed by atoms with Crippen LogP contribution < -0.4 is 15.8 Å². The van der Waals surface area contributed by atoms with Crippen molar-refractivity contribution in [1.82, 2.24) is 5.32 Å². The molecule has 0 aromatic heterocycles. The topological polar surface area (TPSA) is 81.4 Å². The van der Waals surface area contributed by atoms with Gasteiger partial charge in [-0.15, -0.1) is 0 Å². The van der Waals surface area contributed by atoms with Gasteiger partial charge >= 0.3 is 0 Å². The number of amides is 2. The van der Waals surface area contributed by atoms with E-state index in [1.165, 1.54) is 5.56 Å². The third-order valence-corrected chi connectivity index (χ3v) is 4.43. The summed E-state index contributed by atoms with van der Waals surface area (Å²) in [6, 6.07) is 15.5. The molecule has 0 radical (unpaired) electrons. The van der Waals surface area contributed by atoms with Crippen LogP contribution >= 0.6 is 0 Å². The van der Waals surface area contributed by atoms with Gasteiger partial charge < -0.3 is 15.8 Å². The number of hydrogen-bond donors (Lipinski definition) is 2. The van der Waals surface area contributed by atoms with Crippen molar-refractivity contribution < 1.29 is 14.3 Å². The largest absolute Gasteiger partial charge is 0.484 e. The van der Waals surface area contributed by atoms with Gasteiger partial charge in [0.25, 0.3) is 5.91 Å². The SMILES string of the molecule is NC(=O)COc1cccc(CNC(=O)[C@H]2CCCc3ccccc32)c1. The van der Waals surface area contributed by atoms with Crippen molar-refractivity contribution in [1.29, 1.82) is 0 Å². The minimum atomic E-state index is -0.519. The fraction of sp³-hybridized carbons (Fsp3) is 0.300. The molecule has 5 heteroatoms. The summed E-state index contributed by atoms with van der Waals surface area (Å²) < 4.78 is 5.29. The molecule has 1 atom stereocenters.